The van der Waals surface area contributed by atoms with Crippen molar-refractivity contribution in [3.63, 3.8) is 0 Å². The molecule has 0 amide bonds. The van der Waals surface area contributed by atoms with Crippen LogP contribution in [0.5, 0.6) is 11.5 Å². The molecule has 216 valence electrons. The number of hydrogen-bond acceptors (Lipinski definition) is 5. The molecule has 3 aromatic carbocycles. The van der Waals surface area contributed by atoms with Crippen LogP contribution >= 0.6 is 23.2 Å². The number of nitrogens with zero attached hydrogens (tertiary/aromatic N) is 1. The summed E-state index contributed by atoms with van der Waals surface area (Å²) in [5.41, 5.74) is 14.4. The largest absolute Gasteiger partial charge is 0.490 e. The second-order valence-electron chi connectivity index (χ2n) is 10.2. The molecule has 4 rings (SSSR count). The topological polar surface area (TPSA) is 66.6 Å². The summed E-state index contributed by atoms with van der Waals surface area (Å²) in [6, 6.07) is 22.6. The Morgan fingerprint density at radius 3 is 2.29 bits per heavy atom. The van der Waals surface area contributed by atoms with Gasteiger partial charge in [-0.2, -0.15) is 0 Å². The van der Waals surface area contributed by atoms with E-state index in [0.29, 0.717) is 35.6 Å². The first-order valence-corrected chi connectivity index (χ1v) is 14.7. The Balaban J connectivity index is 1.35. The molecule has 1 unspecified atom stereocenters. The SMILES string of the molecule is COCCCc1cccnc1-c1ccc(C(CN)Cc2ccc(OCCOc3c(Cl)cc(C)cc3Cl)cc2)c(C)c1. The van der Waals surface area contributed by atoms with Crippen LogP contribution in [0.15, 0.2) is 72.9 Å². The second kappa shape index (κ2) is 15.2. The van der Waals surface area contributed by atoms with E-state index in [2.05, 4.69) is 43.3 Å². The van der Waals surface area contributed by atoms with Gasteiger partial charge in [-0.25, -0.2) is 0 Å². The van der Waals surface area contributed by atoms with E-state index in [4.69, 9.17) is 48.1 Å². The molecule has 4 aromatic rings. The summed E-state index contributed by atoms with van der Waals surface area (Å²) in [4.78, 5) is 4.70. The zero-order chi connectivity index (χ0) is 29.2. The fraction of sp³-hybridized carbons (Fsp3) is 0.324. The molecule has 0 aliphatic rings. The van der Waals surface area contributed by atoms with Crippen molar-refractivity contribution in [2.24, 2.45) is 5.73 Å². The maximum Gasteiger partial charge on any atom is 0.156 e. The van der Waals surface area contributed by atoms with Gasteiger partial charge in [0.25, 0.3) is 0 Å². The molecule has 0 spiro atoms. The first-order valence-electron chi connectivity index (χ1n) is 13.9. The minimum absolute atomic E-state index is 0.207. The lowest BCUT2D eigenvalue weighted by atomic mass is 9.87. The average molecular weight is 594 g/mol. The molecule has 0 saturated carbocycles. The average Bonchev–Trinajstić information content (AvgIpc) is 2.96. The lowest BCUT2D eigenvalue weighted by Crippen LogP contribution is -2.16. The Bertz CT molecular complexity index is 1400. The molecule has 0 radical (unpaired) electrons. The van der Waals surface area contributed by atoms with Crippen molar-refractivity contribution < 1.29 is 14.2 Å². The third-order valence-electron chi connectivity index (χ3n) is 7.10. The van der Waals surface area contributed by atoms with Crippen LogP contribution in [0.25, 0.3) is 11.3 Å². The number of aromatic nitrogens is 1. The van der Waals surface area contributed by atoms with E-state index in [1.165, 1.54) is 22.3 Å². The molecular weight excluding hydrogens is 555 g/mol. The Labute approximate surface area is 253 Å². The Morgan fingerprint density at radius 2 is 1.61 bits per heavy atom. The van der Waals surface area contributed by atoms with Crippen LogP contribution in [-0.2, 0) is 17.6 Å². The number of halogens is 2. The van der Waals surface area contributed by atoms with Crippen LogP contribution in [0, 0.1) is 13.8 Å². The number of benzene rings is 3. The number of aryl methyl sites for hydroxylation is 3. The highest BCUT2D eigenvalue weighted by Gasteiger charge is 2.16. The fourth-order valence-electron chi connectivity index (χ4n) is 5.04. The summed E-state index contributed by atoms with van der Waals surface area (Å²) < 4.78 is 16.8. The number of hydrogen-bond donors (Lipinski definition) is 1. The molecule has 1 heterocycles. The van der Waals surface area contributed by atoms with Crippen molar-refractivity contribution in [1.29, 1.82) is 0 Å². The van der Waals surface area contributed by atoms with E-state index in [1.807, 2.05) is 43.5 Å². The minimum atomic E-state index is 0.207. The fourth-order valence-corrected chi connectivity index (χ4v) is 5.75. The van der Waals surface area contributed by atoms with E-state index in [9.17, 15) is 0 Å². The van der Waals surface area contributed by atoms with Gasteiger partial charge in [-0.3, -0.25) is 4.98 Å². The standard InChI is InChI=1S/C34H38Cl2N2O3/c1-23-18-31(35)34(32(36)19-23)41-17-16-40-29-11-8-25(9-12-29)21-28(22-37)30-13-10-27(20-24(30)2)33-26(6-4-14-38-33)7-5-15-39-3/h4,6,8-14,18-20,28H,5,7,15-17,21-22,37H2,1-3H3. The van der Waals surface area contributed by atoms with E-state index in [1.54, 1.807) is 7.11 Å². The molecule has 0 fully saturated rings. The van der Waals surface area contributed by atoms with E-state index in [0.717, 1.165) is 48.4 Å². The smallest absolute Gasteiger partial charge is 0.156 e. The molecule has 0 bridgehead atoms. The maximum atomic E-state index is 6.27. The van der Waals surface area contributed by atoms with Gasteiger partial charge < -0.3 is 19.9 Å². The Hall–Kier alpha value is -3.09. The molecule has 2 N–H and O–H groups in total. The van der Waals surface area contributed by atoms with Gasteiger partial charge in [0.2, 0.25) is 0 Å². The summed E-state index contributed by atoms with van der Waals surface area (Å²) in [6.07, 6.45) is 4.61. The van der Waals surface area contributed by atoms with E-state index < -0.39 is 0 Å². The molecular formula is C34H38Cl2N2O3. The van der Waals surface area contributed by atoms with Crippen LogP contribution in [0.2, 0.25) is 10.0 Å². The van der Waals surface area contributed by atoms with Crippen molar-refractivity contribution in [1.82, 2.24) is 4.98 Å². The molecule has 41 heavy (non-hydrogen) atoms. The molecule has 0 aliphatic carbocycles. The van der Waals surface area contributed by atoms with Gasteiger partial charge >= 0.3 is 0 Å². The van der Waals surface area contributed by atoms with Crippen molar-refractivity contribution >= 4 is 23.2 Å². The van der Waals surface area contributed by atoms with Gasteiger partial charge in [0, 0.05) is 31.4 Å². The monoisotopic (exact) mass is 592 g/mol. The van der Waals surface area contributed by atoms with Gasteiger partial charge in [0.1, 0.15) is 19.0 Å². The van der Waals surface area contributed by atoms with E-state index >= 15 is 0 Å². The number of nitrogens with two attached hydrogens (primary N) is 1. The Morgan fingerprint density at radius 1 is 0.878 bits per heavy atom. The highest BCUT2D eigenvalue weighted by atomic mass is 35.5. The zero-order valence-electron chi connectivity index (χ0n) is 24.0. The lowest BCUT2D eigenvalue weighted by Gasteiger charge is -2.19. The number of rotatable bonds is 14. The van der Waals surface area contributed by atoms with Crippen LogP contribution in [0.4, 0.5) is 0 Å². The number of pyridine rings is 1. The number of methoxy groups -OCH3 is 1. The molecule has 0 saturated heterocycles. The maximum absolute atomic E-state index is 6.27. The van der Waals surface area contributed by atoms with Gasteiger partial charge in [0.15, 0.2) is 5.75 Å². The van der Waals surface area contributed by atoms with Crippen LogP contribution < -0.4 is 15.2 Å². The highest BCUT2D eigenvalue weighted by molar-refractivity contribution is 6.37. The zero-order valence-corrected chi connectivity index (χ0v) is 25.5. The molecule has 0 aliphatic heterocycles. The van der Waals surface area contributed by atoms with E-state index in [-0.39, 0.29) is 5.92 Å². The van der Waals surface area contributed by atoms with Crippen LogP contribution in [0.1, 0.15) is 40.2 Å². The quantitative estimate of drug-likeness (QED) is 0.150. The van der Waals surface area contributed by atoms with Crippen molar-refractivity contribution in [2.75, 3.05) is 33.5 Å². The molecule has 1 aromatic heterocycles. The Kier molecular flexibility index (Phi) is 11.5. The third kappa shape index (κ3) is 8.46. The predicted octanol–water partition coefficient (Wildman–Crippen LogP) is 7.99. The van der Waals surface area contributed by atoms with Crippen molar-refractivity contribution in [3.05, 3.63) is 111 Å². The molecule has 1 atom stereocenters. The lowest BCUT2D eigenvalue weighted by molar-refractivity contribution is 0.195. The summed E-state index contributed by atoms with van der Waals surface area (Å²) in [7, 11) is 1.74. The third-order valence-corrected chi connectivity index (χ3v) is 7.66. The van der Waals surface area contributed by atoms with Crippen LogP contribution in [0.3, 0.4) is 0 Å². The highest BCUT2D eigenvalue weighted by Crippen LogP contribution is 2.34. The van der Waals surface area contributed by atoms with Gasteiger partial charge in [-0.05, 0) is 104 Å². The summed E-state index contributed by atoms with van der Waals surface area (Å²) >= 11 is 12.5. The van der Waals surface area contributed by atoms with Crippen molar-refractivity contribution in [2.45, 2.75) is 39.0 Å². The molecule has 5 nitrogen and oxygen atoms in total. The minimum Gasteiger partial charge on any atom is -0.490 e. The first kappa shape index (κ1) is 30.9. The summed E-state index contributed by atoms with van der Waals surface area (Å²) in [5.74, 6) is 1.47. The molecule has 7 heteroatoms. The van der Waals surface area contributed by atoms with Gasteiger partial charge in [-0.1, -0.05) is 53.5 Å². The summed E-state index contributed by atoms with van der Waals surface area (Å²) in [6.45, 7) is 6.11. The van der Waals surface area contributed by atoms with Gasteiger partial charge in [0.05, 0.1) is 15.7 Å². The predicted molar refractivity (Wildman–Crippen MR) is 169 cm³/mol. The first-order chi connectivity index (χ1) is 19.9. The summed E-state index contributed by atoms with van der Waals surface area (Å²) in [5, 5.41) is 0.997. The number of ether oxygens (including phenoxy) is 3. The van der Waals surface area contributed by atoms with Gasteiger partial charge in [-0.15, -0.1) is 0 Å². The second-order valence-corrected chi connectivity index (χ2v) is 11.0. The normalized spacial score (nSPS) is 11.9. The van der Waals surface area contributed by atoms with Crippen molar-refractivity contribution in [3.8, 4) is 22.8 Å². The van der Waals surface area contributed by atoms with Crippen LogP contribution in [-0.4, -0.2) is 38.5 Å².